The van der Waals surface area contributed by atoms with E-state index in [1.807, 2.05) is 0 Å². The lowest BCUT2D eigenvalue weighted by molar-refractivity contribution is -0.145. The molecule has 0 unspecified atom stereocenters. The van der Waals surface area contributed by atoms with Gasteiger partial charge in [0.25, 0.3) is 0 Å². The van der Waals surface area contributed by atoms with E-state index in [1.165, 1.54) is 7.11 Å². The van der Waals surface area contributed by atoms with Crippen molar-refractivity contribution in [1.82, 2.24) is 4.72 Å². The second-order valence-corrected chi connectivity index (χ2v) is 8.76. The zero-order chi connectivity index (χ0) is 17.8. The van der Waals surface area contributed by atoms with Crippen molar-refractivity contribution in [2.75, 3.05) is 14.2 Å². The van der Waals surface area contributed by atoms with Crippen LogP contribution in [0.2, 0.25) is 0 Å². The number of sulfonamides is 1. The Morgan fingerprint density at radius 1 is 1.13 bits per heavy atom. The first-order valence-corrected chi connectivity index (χ1v) is 8.75. The van der Waals surface area contributed by atoms with Crippen LogP contribution < -0.4 is 9.46 Å². The number of carbonyl (C=O) groups is 1. The Bertz CT molecular complexity index is 631. The molecule has 0 saturated carbocycles. The van der Waals surface area contributed by atoms with Crippen LogP contribution in [0.15, 0.2) is 24.3 Å². The number of benzene rings is 1. The fraction of sp³-hybridized carbons (Fsp3) is 0.562. The molecule has 1 aromatic rings. The normalized spacial score (nSPS) is 14.9. The maximum absolute atomic E-state index is 12.5. The summed E-state index contributed by atoms with van der Waals surface area (Å²) >= 11 is 0. The molecule has 0 amide bonds. The van der Waals surface area contributed by atoms with Crippen molar-refractivity contribution in [3.63, 3.8) is 0 Å². The maximum Gasteiger partial charge on any atom is 0.310 e. The molecule has 0 saturated heterocycles. The lowest BCUT2D eigenvalue weighted by Crippen LogP contribution is -2.44. The molecule has 0 aliphatic rings. The van der Waals surface area contributed by atoms with Gasteiger partial charge >= 0.3 is 5.97 Å². The Morgan fingerprint density at radius 3 is 2.04 bits per heavy atom. The van der Waals surface area contributed by atoms with Gasteiger partial charge in [0, 0.05) is 0 Å². The van der Waals surface area contributed by atoms with Crippen LogP contribution >= 0.6 is 0 Å². The molecular weight excluding hydrogens is 318 g/mol. The van der Waals surface area contributed by atoms with Gasteiger partial charge < -0.3 is 9.47 Å². The summed E-state index contributed by atoms with van der Waals surface area (Å²) in [7, 11) is -0.809. The predicted octanol–water partition coefficient (Wildman–Crippen LogP) is 2.26. The molecule has 1 aromatic carbocycles. The number of esters is 1. The van der Waals surface area contributed by atoms with Gasteiger partial charge in [-0.25, -0.2) is 13.1 Å². The molecule has 0 radical (unpaired) electrons. The Hall–Kier alpha value is -1.60. The third kappa shape index (κ3) is 4.68. The number of hydrogen-bond donors (Lipinski definition) is 1. The predicted molar refractivity (Wildman–Crippen MR) is 88.7 cm³/mol. The van der Waals surface area contributed by atoms with Crippen LogP contribution in [0, 0.1) is 5.92 Å². The van der Waals surface area contributed by atoms with Gasteiger partial charge in [0.15, 0.2) is 0 Å². The van der Waals surface area contributed by atoms with Crippen molar-refractivity contribution in [3.05, 3.63) is 29.8 Å². The number of hydrogen-bond acceptors (Lipinski definition) is 5. The quantitative estimate of drug-likeness (QED) is 0.801. The van der Waals surface area contributed by atoms with E-state index in [9.17, 15) is 13.2 Å². The minimum atomic E-state index is -3.64. The van der Waals surface area contributed by atoms with Gasteiger partial charge in [0.05, 0.1) is 30.9 Å². The molecule has 1 rings (SSSR count). The average Bonchev–Trinajstić information content (AvgIpc) is 2.50. The van der Waals surface area contributed by atoms with Crippen LogP contribution in [0.4, 0.5) is 0 Å². The highest BCUT2D eigenvalue weighted by atomic mass is 32.2. The fourth-order valence-electron chi connectivity index (χ4n) is 1.94. The van der Waals surface area contributed by atoms with Gasteiger partial charge in [-0.05, 0) is 38.5 Å². The third-order valence-electron chi connectivity index (χ3n) is 3.64. The number of methoxy groups -OCH3 is 2. The van der Waals surface area contributed by atoms with Crippen LogP contribution in [0.3, 0.4) is 0 Å². The van der Waals surface area contributed by atoms with Crippen molar-refractivity contribution >= 4 is 16.0 Å². The van der Waals surface area contributed by atoms with E-state index < -0.39 is 32.7 Å². The maximum atomic E-state index is 12.5. The highest BCUT2D eigenvalue weighted by Gasteiger charge is 2.36. The third-order valence-corrected chi connectivity index (χ3v) is 5.81. The average molecular weight is 343 g/mol. The Morgan fingerprint density at radius 2 is 1.65 bits per heavy atom. The molecule has 2 atom stereocenters. The largest absolute Gasteiger partial charge is 0.497 e. The highest BCUT2D eigenvalue weighted by molar-refractivity contribution is 7.90. The molecule has 0 bridgehead atoms. The minimum Gasteiger partial charge on any atom is -0.497 e. The molecule has 0 aliphatic heterocycles. The zero-order valence-electron chi connectivity index (χ0n) is 14.4. The first kappa shape index (κ1) is 19.4. The van der Waals surface area contributed by atoms with Crippen molar-refractivity contribution in [2.24, 2.45) is 5.92 Å². The number of nitrogens with one attached hydrogen (secondary N) is 1. The topological polar surface area (TPSA) is 81.7 Å². The molecule has 0 heterocycles. The lowest BCUT2D eigenvalue weighted by Gasteiger charge is -2.28. The van der Waals surface area contributed by atoms with E-state index in [0.717, 1.165) is 0 Å². The van der Waals surface area contributed by atoms with Crippen LogP contribution in [0.25, 0.3) is 0 Å². The summed E-state index contributed by atoms with van der Waals surface area (Å²) in [6, 6.07) is 6.18. The van der Waals surface area contributed by atoms with Crippen LogP contribution in [-0.4, -0.2) is 33.4 Å². The Balaban J connectivity index is 3.24. The first-order valence-electron chi connectivity index (χ1n) is 7.27. The van der Waals surface area contributed by atoms with Gasteiger partial charge in [-0.1, -0.05) is 19.1 Å². The molecular formula is C16H25NO5S. The molecule has 23 heavy (non-hydrogen) atoms. The summed E-state index contributed by atoms with van der Waals surface area (Å²) in [4.78, 5) is 11.9. The molecule has 7 heteroatoms. The van der Waals surface area contributed by atoms with Crippen molar-refractivity contribution in [3.8, 4) is 5.75 Å². The monoisotopic (exact) mass is 343 g/mol. The van der Waals surface area contributed by atoms with Gasteiger partial charge in [-0.3, -0.25) is 4.79 Å². The van der Waals surface area contributed by atoms with Crippen molar-refractivity contribution in [1.29, 1.82) is 0 Å². The summed E-state index contributed by atoms with van der Waals surface area (Å²) in [6.07, 6.45) is 0. The van der Waals surface area contributed by atoms with E-state index in [-0.39, 0.29) is 0 Å². The summed E-state index contributed by atoms with van der Waals surface area (Å²) in [5, 5.41) is 0. The molecule has 0 fully saturated rings. The first-order chi connectivity index (χ1) is 10.5. The van der Waals surface area contributed by atoms with Crippen LogP contribution in [0.5, 0.6) is 5.75 Å². The SMILES string of the molecule is COC(=O)[C@H](C)[C@@H](NS(=O)(=O)C(C)(C)C)c1ccc(OC)cc1. The van der Waals surface area contributed by atoms with Crippen LogP contribution in [-0.2, 0) is 19.6 Å². The summed E-state index contributed by atoms with van der Waals surface area (Å²) in [5.41, 5.74) is 0.663. The second kappa shape index (κ2) is 7.31. The molecule has 0 aromatic heterocycles. The molecule has 1 N–H and O–H groups in total. The zero-order valence-corrected chi connectivity index (χ0v) is 15.2. The van der Waals surface area contributed by atoms with Gasteiger partial charge in [0.2, 0.25) is 10.0 Å². The van der Waals surface area contributed by atoms with E-state index in [2.05, 4.69) is 4.72 Å². The summed E-state index contributed by atoms with van der Waals surface area (Å²) in [5.74, 6) is -0.509. The highest BCUT2D eigenvalue weighted by Crippen LogP contribution is 2.28. The summed E-state index contributed by atoms with van der Waals surface area (Å²) in [6.45, 7) is 6.43. The molecule has 130 valence electrons. The van der Waals surface area contributed by atoms with Gasteiger partial charge in [-0.2, -0.15) is 0 Å². The Labute approximate surface area is 138 Å². The Kier molecular flexibility index (Phi) is 6.18. The minimum absolute atomic E-state index is 0.484. The van der Waals surface area contributed by atoms with Gasteiger partial charge in [0.1, 0.15) is 5.75 Å². The van der Waals surface area contributed by atoms with E-state index >= 15 is 0 Å². The second-order valence-electron chi connectivity index (χ2n) is 6.30. The van der Waals surface area contributed by atoms with E-state index in [0.29, 0.717) is 11.3 Å². The van der Waals surface area contributed by atoms with Gasteiger partial charge in [-0.15, -0.1) is 0 Å². The van der Waals surface area contributed by atoms with E-state index in [1.54, 1.807) is 59.1 Å². The van der Waals surface area contributed by atoms with Crippen molar-refractivity contribution < 1.29 is 22.7 Å². The molecule has 0 spiro atoms. The van der Waals surface area contributed by atoms with E-state index in [4.69, 9.17) is 9.47 Å². The fourth-order valence-corrected chi connectivity index (χ4v) is 2.96. The molecule has 6 nitrogen and oxygen atoms in total. The van der Waals surface area contributed by atoms with Crippen molar-refractivity contribution in [2.45, 2.75) is 38.5 Å². The summed E-state index contributed by atoms with van der Waals surface area (Å²) < 4.78 is 36.5. The number of rotatable bonds is 6. The van der Waals surface area contributed by atoms with Crippen LogP contribution in [0.1, 0.15) is 39.3 Å². The molecule has 0 aliphatic carbocycles. The standard InChI is InChI=1S/C16H25NO5S/c1-11(15(18)22-6)14(17-23(19,20)16(2,3)4)12-7-9-13(21-5)10-8-12/h7-11,14,17H,1-6H3/t11-,14-/m1/s1. The number of carbonyl (C=O) groups excluding carboxylic acids is 1. The number of ether oxygens (including phenoxy) is 2. The smallest absolute Gasteiger partial charge is 0.310 e. The lowest BCUT2D eigenvalue weighted by atomic mass is 9.95.